The van der Waals surface area contributed by atoms with Gasteiger partial charge in [0.05, 0.1) is 14.8 Å². The number of aryl methyl sites for hydroxylation is 1. The summed E-state index contributed by atoms with van der Waals surface area (Å²) >= 11 is 0. The number of rotatable bonds is 7. The predicted molar refractivity (Wildman–Crippen MR) is 129 cm³/mol. The van der Waals surface area contributed by atoms with E-state index in [1.165, 1.54) is 55.3 Å². The zero-order chi connectivity index (χ0) is 21.2. The van der Waals surface area contributed by atoms with Crippen LogP contribution in [0, 0.1) is 18.8 Å². The summed E-state index contributed by atoms with van der Waals surface area (Å²) in [6.45, 7) is 4.36. The summed E-state index contributed by atoms with van der Waals surface area (Å²) in [5, 5.41) is 3.20. The Bertz CT molecular complexity index is 850. The monoisotopic (exact) mass is 417 g/mol. The number of nitrogens with one attached hydrogen (secondary N) is 1. The molecule has 3 unspecified atom stereocenters. The molecule has 2 aromatic rings. The SMILES string of the molecule is CCCC[SiH]1CCCCC1C#CC(=O)NC(Cc1ccc(C)cc1)c1ccccc1. The number of carbonyl (C=O) groups is 1. The first-order valence-electron chi connectivity index (χ1n) is 11.6. The Morgan fingerprint density at radius 3 is 2.63 bits per heavy atom. The highest BCUT2D eigenvalue weighted by atomic mass is 28.3. The van der Waals surface area contributed by atoms with Gasteiger partial charge in [0.15, 0.2) is 0 Å². The zero-order valence-corrected chi connectivity index (χ0v) is 19.6. The van der Waals surface area contributed by atoms with Crippen LogP contribution in [0.15, 0.2) is 54.6 Å². The van der Waals surface area contributed by atoms with E-state index in [9.17, 15) is 4.79 Å². The molecule has 1 heterocycles. The molecule has 3 atom stereocenters. The number of hydrogen-bond donors (Lipinski definition) is 1. The van der Waals surface area contributed by atoms with Crippen LogP contribution in [0.25, 0.3) is 0 Å². The van der Waals surface area contributed by atoms with E-state index in [4.69, 9.17) is 0 Å². The second-order valence-corrected chi connectivity index (χ2v) is 12.2. The molecule has 2 nitrogen and oxygen atoms in total. The third-order valence-corrected chi connectivity index (χ3v) is 10.2. The van der Waals surface area contributed by atoms with Crippen molar-refractivity contribution in [1.82, 2.24) is 5.32 Å². The fraction of sp³-hybridized carbons (Fsp3) is 0.444. The van der Waals surface area contributed by atoms with Crippen molar-refractivity contribution < 1.29 is 4.79 Å². The molecule has 1 saturated heterocycles. The minimum absolute atomic E-state index is 0.0600. The van der Waals surface area contributed by atoms with Gasteiger partial charge >= 0.3 is 0 Å². The number of carbonyl (C=O) groups excluding carboxylic acids is 1. The van der Waals surface area contributed by atoms with Crippen LogP contribution < -0.4 is 5.32 Å². The molecule has 1 aliphatic rings. The van der Waals surface area contributed by atoms with E-state index in [2.05, 4.69) is 67.4 Å². The molecule has 30 heavy (non-hydrogen) atoms. The smallest absolute Gasteiger partial charge is 0.296 e. The summed E-state index contributed by atoms with van der Waals surface area (Å²) in [7, 11) is -0.828. The quantitative estimate of drug-likeness (QED) is 0.436. The summed E-state index contributed by atoms with van der Waals surface area (Å²) in [6, 6.07) is 21.5. The predicted octanol–water partition coefficient (Wildman–Crippen LogP) is 5.98. The van der Waals surface area contributed by atoms with Gasteiger partial charge in [0.1, 0.15) is 0 Å². The lowest BCUT2D eigenvalue weighted by atomic mass is 9.98. The molecule has 0 spiro atoms. The third kappa shape index (κ3) is 6.88. The zero-order valence-electron chi connectivity index (χ0n) is 18.5. The lowest BCUT2D eigenvalue weighted by Gasteiger charge is -2.26. The lowest BCUT2D eigenvalue weighted by molar-refractivity contribution is -0.116. The summed E-state index contributed by atoms with van der Waals surface area (Å²) in [5.74, 6) is 6.26. The van der Waals surface area contributed by atoms with Crippen LogP contribution >= 0.6 is 0 Å². The van der Waals surface area contributed by atoms with Crippen LogP contribution in [-0.2, 0) is 11.2 Å². The Hall–Kier alpha value is -2.31. The summed E-state index contributed by atoms with van der Waals surface area (Å²) in [6.07, 6.45) is 7.21. The Morgan fingerprint density at radius 1 is 1.13 bits per heavy atom. The van der Waals surface area contributed by atoms with Gasteiger partial charge < -0.3 is 5.32 Å². The van der Waals surface area contributed by atoms with Gasteiger partial charge in [0, 0.05) is 5.54 Å². The van der Waals surface area contributed by atoms with E-state index in [1.807, 2.05) is 18.2 Å². The molecule has 0 aliphatic carbocycles. The average Bonchev–Trinajstić information content (AvgIpc) is 2.78. The molecule has 0 aromatic heterocycles. The van der Waals surface area contributed by atoms with Gasteiger partial charge in [-0.25, -0.2) is 0 Å². The molecule has 1 fully saturated rings. The second-order valence-electron chi connectivity index (χ2n) is 8.69. The molecule has 0 radical (unpaired) electrons. The van der Waals surface area contributed by atoms with Crippen LogP contribution in [0.5, 0.6) is 0 Å². The molecular formula is C27H35NOSi. The maximum atomic E-state index is 12.8. The first kappa shape index (κ1) is 22.4. The van der Waals surface area contributed by atoms with E-state index in [-0.39, 0.29) is 11.9 Å². The lowest BCUT2D eigenvalue weighted by Crippen LogP contribution is -2.29. The number of hydrogen-bond acceptors (Lipinski definition) is 1. The second kappa shape index (κ2) is 11.8. The number of unbranched alkanes of at least 4 members (excludes halogenated alkanes) is 1. The minimum Gasteiger partial charge on any atom is -0.338 e. The number of benzene rings is 2. The van der Waals surface area contributed by atoms with E-state index in [0.717, 1.165) is 12.0 Å². The van der Waals surface area contributed by atoms with E-state index >= 15 is 0 Å². The summed E-state index contributed by atoms with van der Waals surface area (Å²) < 4.78 is 0. The molecule has 0 bridgehead atoms. The van der Waals surface area contributed by atoms with Crippen molar-refractivity contribution in [1.29, 1.82) is 0 Å². The Kier molecular flexibility index (Phi) is 8.77. The van der Waals surface area contributed by atoms with Gasteiger partial charge in [-0.15, -0.1) is 0 Å². The van der Waals surface area contributed by atoms with Crippen molar-refractivity contribution in [3.63, 3.8) is 0 Å². The summed E-state index contributed by atoms with van der Waals surface area (Å²) in [4.78, 5) is 12.8. The highest BCUT2D eigenvalue weighted by Gasteiger charge is 2.24. The molecular weight excluding hydrogens is 382 g/mol. The van der Waals surface area contributed by atoms with Gasteiger partial charge in [-0.2, -0.15) is 0 Å². The van der Waals surface area contributed by atoms with Gasteiger partial charge in [-0.1, -0.05) is 111 Å². The first-order chi connectivity index (χ1) is 14.7. The van der Waals surface area contributed by atoms with Gasteiger partial charge in [0.25, 0.3) is 5.91 Å². The van der Waals surface area contributed by atoms with Crippen molar-refractivity contribution in [2.45, 2.75) is 76.0 Å². The molecule has 3 heteroatoms. The van der Waals surface area contributed by atoms with Crippen molar-refractivity contribution in [3.8, 4) is 11.8 Å². The number of amides is 1. The van der Waals surface area contributed by atoms with Crippen molar-refractivity contribution >= 4 is 14.7 Å². The Morgan fingerprint density at radius 2 is 1.90 bits per heavy atom. The Balaban J connectivity index is 1.69. The van der Waals surface area contributed by atoms with Gasteiger partial charge in [-0.3, -0.25) is 4.79 Å². The molecule has 2 aromatic carbocycles. The largest absolute Gasteiger partial charge is 0.338 e. The minimum atomic E-state index is -0.828. The fourth-order valence-electron chi connectivity index (χ4n) is 4.46. The fourth-order valence-corrected chi connectivity index (χ4v) is 8.32. The molecule has 1 N–H and O–H groups in total. The van der Waals surface area contributed by atoms with Crippen molar-refractivity contribution in [2.75, 3.05) is 0 Å². The highest BCUT2D eigenvalue weighted by molar-refractivity contribution is 6.61. The third-order valence-electron chi connectivity index (χ3n) is 6.28. The molecule has 3 rings (SSSR count). The Labute approximate surface area is 184 Å². The van der Waals surface area contributed by atoms with Gasteiger partial charge in [-0.05, 0) is 36.8 Å². The van der Waals surface area contributed by atoms with Crippen LogP contribution in [0.2, 0.25) is 17.6 Å². The van der Waals surface area contributed by atoms with Crippen LogP contribution in [-0.4, -0.2) is 14.7 Å². The first-order valence-corrected chi connectivity index (χ1v) is 13.9. The molecule has 0 saturated carbocycles. The van der Waals surface area contributed by atoms with E-state index < -0.39 is 8.80 Å². The summed E-state index contributed by atoms with van der Waals surface area (Å²) in [5.41, 5.74) is 4.12. The normalized spacial score (nSPS) is 19.4. The maximum absolute atomic E-state index is 12.8. The van der Waals surface area contributed by atoms with Crippen LogP contribution in [0.3, 0.4) is 0 Å². The van der Waals surface area contributed by atoms with Crippen molar-refractivity contribution in [3.05, 3.63) is 71.3 Å². The topological polar surface area (TPSA) is 29.1 Å². The standard InChI is InChI=1S/C27H35NOSi/c1-3-4-19-30-20-9-8-12-25(30)17-18-27(29)28-26(24-10-6-5-7-11-24)21-23-15-13-22(2)14-16-23/h5-7,10-11,13-16,25-26,30H,3-4,8-9,12,19-21H2,1-2H3,(H,28,29). The van der Waals surface area contributed by atoms with E-state index in [0.29, 0.717) is 5.54 Å². The maximum Gasteiger partial charge on any atom is 0.296 e. The highest BCUT2D eigenvalue weighted by Crippen LogP contribution is 2.31. The van der Waals surface area contributed by atoms with E-state index in [1.54, 1.807) is 0 Å². The van der Waals surface area contributed by atoms with Crippen LogP contribution in [0.1, 0.15) is 61.8 Å². The molecule has 1 amide bonds. The molecule has 158 valence electrons. The average molecular weight is 418 g/mol. The molecule has 1 aliphatic heterocycles. The van der Waals surface area contributed by atoms with Crippen LogP contribution in [0.4, 0.5) is 0 Å². The van der Waals surface area contributed by atoms with Crippen molar-refractivity contribution in [2.24, 2.45) is 0 Å². The van der Waals surface area contributed by atoms with Gasteiger partial charge in [0.2, 0.25) is 0 Å².